The number of nitrogens with zero attached hydrogens (tertiary/aromatic N) is 2. The summed E-state index contributed by atoms with van der Waals surface area (Å²) < 4.78 is 4.98. The molecule has 0 atom stereocenters. The first kappa shape index (κ1) is 13.5. The van der Waals surface area contributed by atoms with Crippen molar-refractivity contribution in [2.45, 2.75) is 12.1 Å². The maximum absolute atomic E-state index is 11.8. The van der Waals surface area contributed by atoms with Crippen LogP contribution in [0, 0.1) is 0 Å². The van der Waals surface area contributed by atoms with Crippen molar-refractivity contribution in [1.29, 1.82) is 0 Å². The summed E-state index contributed by atoms with van der Waals surface area (Å²) >= 11 is 1.40. The van der Waals surface area contributed by atoms with E-state index in [1.165, 1.54) is 11.8 Å². The van der Waals surface area contributed by atoms with Crippen molar-refractivity contribution in [3.8, 4) is 11.3 Å². The Morgan fingerprint density at radius 3 is 2.63 bits per heavy atom. The van der Waals surface area contributed by atoms with E-state index in [1.807, 2.05) is 36.6 Å². The summed E-state index contributed by atoms with van der Waals surface area (Å²) in [6.07, 6.45) is 1.87. The van der Waals surface area contributed by atoms with Crippen LogP contribution in [0.3, 0.4) is 0 Å². The van der Waals surface area contributed by atoms with Gasteiger partial charge in [0.25, 0.3) is 0 Å². The Labute approximate surface area is 116 Å². The number of hydrogen-bond donors (Lipinski definition) is 0. The first-order chi connectivity index (χ1) is 9.24. The summed E-state index contributed by atoms with van der Waals surface area (Å²) in [6.45, 7) is 2.10. The van der Waals surface area contributed by atoms with Gasteiger partial charge in [0, 0.05) is 5.56 Å². The molecule has 0 spiro atoms. The predicted molar refractivity (Wildman–Crippen MR) is 75.2 cm³/mol. The smallest absolute Gasteiger partial charge is 0.357 e. The Kier molecular flexibility index (Phi) is 4.52. The van der Waals surface area contributed by atoms with Gasteiger partial charge in [-0.05, 0) is 19.2 Å². The molecular weight excluding hydrogens is 260 g/mol. The second-order valence-corrected chi connectivity index (χ2v) is 4.49. The molecule has 0 saturated heterocycles. The lowest BCUT2D eigenvalue weighted by Crippen LogP contribution is -2.09. The fourth-order valence-corrected chi connectivity index (χ4v) is 1.96. The molecule has 98 valence electrons. The van der Waals surface area contributed by atoms with Gasteiger partial charge in [-0.1, -0.05) is 42.1 Å². The molecule has 5 heteroatoms. The van der Waals surface area contributed by atoms with Gasteiger partial charge in [0.15, 0.2) is 10.9 Å². The lowest BCUT2D eigenvalue weighted by molar-refractivity contribution is 0.0518. The third-order valence-electron chi connectivity index (χ3n) is 2.44. The van der Waals surface area contributed by atoms with Crippen molar-refractivity contribution in [3.63, 3.8) is 0 Å². The van der Waals surface area contributed by atoms with Crippen molar-refractivity contribution in [2.75, 3.05) is 12.9 Å². The molecule has 0 saturated carbocycles. The highest BCUT2D eigenvalue weighted by Gasteiger charge is 2.13. The van der Waals surface area contributed by atoms with Gasteiger partial charge < -0.3 is 4.74 Å². The lowest BCUT2D eigenvalue weighted by Gasteiger charge is -2.06. The van der Waals surface area contributed by atoms with Crippen LogP contribution in [0.15, 0.2) is 41.6 Å². The maximum atomic E-state index is 11.8. The number of hydrogen-bond acceptors (Lipinski definition) is 5. The quantitative estimate of drug-likeness (QED) is 0.487. The molecule has 0 fully saturated rings. The highest BCUT2D eigenvalue weighted by Crippen LogP contribution is 2.20. The Bertz CT molecular complexity index is 573. The van der Waals surface area contributed by atoms with Gasteiger partial charge in [0.2, 0.25) is 0 Å². The van der Waals surface area contributed by atoms with Gasteiger partial charge in [-0.3, -0.25) is 0 Å². The Hall–Kier alpha value is -1.88. The molecule has 0 unspecified atom stereocenters. The molecule has 0 N–H and O–H groups in total. The van der Waals surface area contributed by atoms with E-state index >= 15 is 0 Å². The average molecular weight is 274 g/mol. The number of rotatable bonds is 4. The van der Waals surface area contributed by atoms with Crippen LogP contribution in [-0.4, -0.2) is 28.8 Å². The van der Waals surface area contributed by atoms with E-state index in [9.17, 15) is 4.79 Å². The second-order valence-electron chi connectivity index (χ2n) is 3.71. The fourth-order valence-electron chi connectivity index (χ4n) is 1.58. The summed E-state index contributed by atoms with van der Waals surface area (Å²) in [5.41, 5.74) is 1.97. The van der Waals surface area contributed by atoms with Crippen LogP contribution in [0.2, 0.25) is 0 Å². The van der Waals surface area contributed by atoms with Crippen molar-refractivity contribution in [1.82, 2.24) is 9.97 Å². The minimum atomic E-state index is -0.419. The van der Waals surface area contributed by atoms with Gasteiger partial charge in [0.05, 0.1) is 12.3 Å². The third kappa shape index (κ3) is 3.32. The van der Waals surface area contributed by atoms with E-state index in [4.69, 9.17) is 4.74 Å². The Balaban J connectivity index is 2.45. The number of benzene rings is 1. The molecule has 1 heterocycles. The molecule has 0 aliphatic heterocycles. The minimum Gasteiger partial charge on any atom is -0.461 e. The largest absolute Gasteiger partial charge is 0.461 e. The van der Waals surface area contributed by atoms with Crippen LogP contribution in [0.25, 0.3) is 11.3 Å². The summed E-state index contributed by atoms with van der Waals surface area (Å²) in [5.74, 6) is -0.419. The van der Waals surface area contributed by atoms with Crippen molar-refractivity contribution in [3.05, 3.63) is 42.1 Å². The highest BCUT2D eigenvalue weighted by atomic mass is 32.2. The topological polar surface area (TPSA) is 52.1 Å². The van der Waals surface area contributed by atoms with Crippen LogP contribution < -0.4 is 0 Å². The third-order valence-corrected chi connectivity index (χ3v) is 2.99. The van der Waals surface area contributed by atoms with Crippen LogP contribution >= 0.6 is 11.8 Å². The van der Waals surface area contributed by atoms with Crippen molar-refractivity contribution < 1.29 is 9.53 Å². The summed E-state index contributed by atoms with van der Waals surface area (Å²) in [4.78, 5) is 20.4. The number of ether oxygens (including phenoxy) is 1. The van der Waals surface area contributed by atoms with Crippen LogP contribution in [0.5, 0.6) is 0 Å². The molecule has 0 radical (unpaired) electrons. The van der Waals surface area contributed by atoms with E-state index in [1.54, 1.807) is 13.0 Å². The van der Waals surface area contributed by atoms with Gasteiger partial charge in [-0.25, -0.2) is 14.8 Å². The molecule has 0 amide bonds. The molecule has 2 rings (SSSR count). The SMILES string of the molecule is CCOC(=O)c1cc(-c2ccccc2)nc(SC)n1. The number of carbonyl (C=O) groups excluding carboxylic acids is 1. The van der Waals surface area contributed by atoms with Crippen LogP contribution in [-0.2, 0) is 4.74 Å². The first-order valence-corrected chi connectivity index (χ1v) is 7.12. The predicted octanol–water partition coefficient (Wildman–Crippen LogP) is 3.04. The summed E-state index contributed by atoms with van der Waals surface area (Å²) in [5, 5.41) is 0.560. The zero-order valence-corrected chi connectivity index (χ0v) is 11.6. The number of carbonyl (C=O) groups is 1. The van der Waals surface area contributed by atoms with E-state index in [0.29, 0.717) is 17.5 Å². The van der Waals surface area contributed by atoms with Crippen LogP contribution in [0.4, 0.5) is 0 Å². The second kappa shape index (κ2) is 6.33. The zero-order chi connectivity index (χ0) is 13.7. The normalized spacial score (nSPS) is 10.2. The van der Waals surface area contributed by atoms with E-state index in [0.717, 1.165) is 11.3 Å². The molecule has 1 aromatic carbocycles. The van der Waals surface area contributed by atoms with E-state index in [2.05, 4.69) is 9.97 Å². The molecule has 0 bridgehead atoms. The maximum Gasteiger partial charge on any atom is 0.357 e. The Morgan fingerprint density at radius 2 is 2.00 bits per heavy atom. The highest BCUT2D eigenvalue weighted by molar-refractivity contribution is 7.98. The molecule has 4 nitrogen and oxygen atoms in total. The van der Waals surface area contributed by atoms with Gasteiger partial charge in [-0.2, -0.15) is 0 Å². The standard InChI is InChI=1S/C14H14N2O2S/c1-3-18-13(17)12-9-11(15-14(16-12)19-2)10-7-5-4-6-8-10/h4-9H,3H2,1-2H3. The summed E-state index contributed by atoms with van der Waals surface area (Å²) in [7, 11) is 0. The first-order valence-electron chi connectivity index (χ1n) is 5.90. The van der Waals surface area contributed by atoms with Crippen molar-refractivity contribution >= 4 is 17.7 Å². The minimum absolute atomic E-state index is 0.292. The molecule has 19 heavy (non-hydrogen) atoms. The van der Waals surface area contributed by atoms with E-state index in [-0.39, 0.29) is 0 Å². The Morgan fingerprint density at radius 1 is 1.26 bits per heavy atom. The summed E-state index contributed by atoms with van der Waals surface area (Å²) in [6, 6.07) is 11.3. The van der Waals surface area contributed by atoms with Gasteiger partial charge in [-0.15, -0.1) is 0 Å². The number of thioether (sulfide) groups is 1. The molecule has 1 aromatic heterocycles. The average Bonchev–Trinajstić information content (AvgIpc) is 2.48. The zero-order valence-electron chi connectivity index (χ0n) is 10.8. The van der Waals surface area contributed by atoms with Gasteiger partial charge in [0.1, 0.15) is 0 Å². The molecule has 0 aliphatic carbocycles. The number of aromatic nitrogens is 2. The lowest BCUT2D eigenvalue weighted by atomic mass is 10.1. The molecule has 0 aliphatic rings. The molecular formula is C14H14N2O2S. The van der Waals surface area contributed by atoms with Crippen molar-refractivity contribution in [2.24, 2.45) is 0 Å². The number of esters is 1. The van der Waals surface area contributed by atoms with Gasteiger partial charge >= 0.3 is 5.97 Å². The fraction of sp³-hybridized carbons (Fsp3) is 0.214. The van der Waals surface area contributed by atoms with Crippen LogP contribution in [0.1, 0.15) is 17.4 Å². The molecule has 2 aromatic rings. The van der Waals surface area contributed by atoms with E-state index < -0.39 is 5.97 Å². The monoisotopic (exact) mass is 274 g/mol.